The number of nitrogens with one attached hydrogen (secondary N) is 1. The normalized spacial score (nSPS) is 22.1. The van der Waals surface area contributed by atoms with Crippen molar-refractivity contribution in [1.29, 1.82) is 0 Å². The summed E-state index contributed by atoms with van der Waals surface area (Å²) in [5.74, 6) is 0.142. The first-order chi connectivity index (χ1) is 6.88. The summed E-state index contributed by atoms with van der Waals surface area (Å²) in [6.45, 7) is 8.16. The molecule has 1 aliphatic rings. The highest BCUT2D eigenvalue weighted by molar-refractivity contribution is 5.76. The van der Waals surface area contributed by atoms with Crippen molar-refractivity contribution in [2.45, 2.75) is 45.3 Å². The van der Waals surface area contributed by atoms with Gasteiger partial charge in [-0.25, -0.2) is 0 Å². The van der Waals surface area contributed by atoms with Gasteiger partial charge in [0.15, 0.2) is 0 Å². The third-order valence-corrected chi connectivity index (χ3v) is 2.51. The van der Waals surface area contributed by atoms with Crippen LogP contribution in [0.25, 0.3) is 0 Å². The van der Waals surface area contributed by atoms with E-state index in [0.717, 1.165) is 6.42 Å². The van der Waals surface area contributed by atoms with E-state index in [1.165, 1.54) is 0 Å². The number of nitrogens with zero attached hydrogens (tertiary/aromatic N) is 1. The molecule has 1 atom stereocenters. The van der Waals surface area contributed by atoms with E-state index in [1.54, 1.807) is 4.90 Å². The molecule has 1 saturated heterocycles. The van der Waals surface area contributed by atoms with Gasteiger partial charge in [-0.2, -0.15) is 0 Å². The Morgan fingerprint density at radius 1 is 1.53 bits per heavy atom. The number of aliphatic hydroxyl groups is 1. The quantitative estimate of drug-likeness (QED) is 0.713. The van der Waals surface area contributed by atoms with Gasteiger partial charge in [0.05, 0.1) is 6.10 Å². The lowest BCUT2D eigenvalue weighted by Crippen LogP contribution is -2.39. The third-order valence-electron chi connectivity index (χ3n) is 2.51. The molecule has 1 amide bonds. The summed E-state index contributed by atoms with van der Waals surface area (Å²) in [5, 5.41) is 12.6. The van der Waals surface area contributed by atoms with Crippen molar-refractivity contribution >= 4 is 5.91 Å². The van der Waals surface area contributed by atoms with E-state index in [9.17, 15) is 9.90 Å². The average molecular weight is 214 g/mol. The van der Waals surface area contributed by atoms with E-state index in [0.29, 0.717) is 26.1 Å². The Morgan fingerprint density at radius 3 is 2.67 bits per heavy atom. The number of hydrogen-bond donors (Lipinski definition) is 2. The topological polar surface area (TPSA) is 52.6 Å². The van der Waals surface area contributed by atoms with E-state index in [1.807, 2.05) is 0 Å². The van der Waals surface area contributed by atoms with Gasteiger partial charge < -0.3 is 15.3 Å². The Labute approximate surface area is 91.6 Å². The molecule has 4 heteroatoms. The molecular formula is C11H22N2O2. The van der Waals surface area contributed by atoms with Gasteiger partial charge in [0.2, 0.25) is 5.91 Å². The van der Waals surface area contributed by atoms with Crippen LogP contribution in [0.15, 0.2) is 0 Å². The predicted octanol–water partition coefficient (Wildman–Crippen LogP) is 0.358. The summed E-state index contributed by atoms with van der Waals surface area (Å²) in [7, 11) is 0. The van der Waals surface area contributed by atoms with E-state index in [2.05, 4.69) is 26.1 Å². The summed E-state index contributed by atoms with van der Waals surface area (Å²) >= 11 is 0. The molecule has 0 saturated carbocycles. The van der Waals surface area contributed by atoms with Crippen LogP contribution in [-0.2, 0) is 4.79 Å². The molecule has 0 radical (unpaired) electrons. The molecule has 0 aromatic carbocycles. The number of hydrogen-bond acceptors (Lipinski definition) is 3. The predicted molar refractivity (Wildman–Crippen MR) is 59.6 cm³/mol. The van der Waals surface area contributed by atoms with Crippen molar-refractivity contribution in [2.24, 2.45) is 0 Å². The molecule has 1 aliphatic heterocycles. The average Bonchev–Trinajstić information content (AvgIpc) is 2.49. The van der Waals surface area contributed by atoms with E-state index in [-0.39, 0.29) is 17.6 Å². The summed E-state index contributed by atoms with van der Waals surface area (Å²) in [6, 6.07) is 0. The number of carbonyl (C=O) groups is 1. The fraction of sp³-hybridized carbons (Fsp3) is 0.909. The number of carbonyl (C=O) groups excluding carboxylic acids is 1. The Kier molecular flexibility index (Phi) is 4.11. The molecule has 15 heavy (non-hydrogen) atoms. The highest BCUT2D eigenvalue weighted by atomic mass is 16.3. The van der Waals surface area contributed by atoms with Gasteiger partial charge in [0.1, 0.15) is 0 Å². The van der Waals surface area contributed by atoms with Crippen LogP contribution >= 0.6 is 0 Å². The molecular weight excluding hydrogens is 192 g/mol. The van der Waals surface area contributed by atoms with Crippen LogP contribution in [0.5, 0.6) is 0 Å². The maximum atomic E-state index is 11.7. The zero-order valence-corrected chi connectivity index (χ0v) is 9.92. The number of rotatable bonds is 3. The lowest BCUT2D eigenvalue weighted by molar-refractivity contribution is -0.130. The maximum absolute atomic E-state index is 11.7. The van der Waals surface area contributed by atoms with Crippen LogP contribution in [0, 0.1) is 0 Å². The number of β-amino-alcohol motifs (C(OH)–C–C–N with tert-alkyl or cyclic N) is 1. The molecule has 0 aromatic heterocycles. The summed E-state index contributed by atoms with van der Waals surface area (Å²) in [5.41, 5.74) is 0.0603. The van der Waals surface area contributed by atoms with Gasteiger partial charge in [-0.15, -0.1) is 0 Å². The van der Waals surface area contributed by atoms with Crippen LogP contribution in [-0.4, -0.2) is 47.2 Å². The number of aliphatic hydroxyl groups excluding tert-OH is 1. The SMILES string of the molecule is CC(C)(C)NCCC(=O)N1CC[C@H](O)C1. The summed E-state index contributed by atoms with van der Waals surface area (Å²) in [6.07, 6.45) is 0.923. The minimum absolute atomic E-state index is 0.0603. The van der Waals surface area contributed by atoms with Gasteiger partial charge in [-0.1, -0.05) is 0 Å². The molecule has 0 aromatic rings. The second-order valence-electron chi connectivity index (χ2n) is 5.21. The van der Waals surface area contributed by atoms with Crippen molar-refractivity contribution in [3.8, 4) is 0 Å². The second-order valence-corrected chi connectivity index (χ2v) is 5.21. The Bertz CT molecular complexity index is 223. The smallest absolute Gasteiger partial charge is 0.223 e. The van der Waals surface area contributed by atoms with Crippen LogP contribution in [0.1, 0.15) is 33.6 Å². The van der Waals surface area contributed by atoms with E-state index >= 15 is 0 Å². The molecule has 1 fully saturated rings. The van der Waals surface area contributed by atoms with E-state index < -0.39 is 0 Å². The molecule has 88 valence electrons. The van der Waals surface area contributed by atoms with Gasteiger partial charge in [-0.3, -0.25) is 4.79 Å². The molecule has 0 aliphatic carbocycles. The van der Waals surface area contributed by atoms with Gasteiger partial charge in [0, 0.05) is 31.6 Å². The van der Waals surface area contributed by atoms with Crippen LogP contribution < -0.4 is 5.32 Å². The van der Waals surface area contributed by atoms with Crippen molar-refractivity contribution in [3.05, 3.63) is 0 Å². The van der Waals surface area contributed by atoms with Gasteiger partial charge in [-0.05, 0) is 27.2 Å². The standard InChI is InChI=1S/C11H22N2O2/c1-11(2,3)12-6-4-10(15)13-7-5-9(14)8-13/h9,12,14H,4-8H2,1-3H3/t9-/m0/s1. The highest BCUT2D eigenvalue weighted by Crippen LogP contribution is 2.10. The molecule has 0 unspecified atom stereocenters. The molecule has 1 heterocycles. The minimum Gasteiger partial charge on any atom is -0.391 e. The Hall–Kier alpha value is -0.610. The molecule has 4 nitrogen and oxygen atoms in total. The van der Waals surface area contributed by atoms with Gasteiger partial charge >= 0.3 is 0 Å². The van der Waals surface area contributed by atoms with Crippen molar-refractivity contribution in [3.63, 3.8) is 0 Å². The monoisotopic (exact) mass is 214 g/mol. The fourth-order valence-electron chi connectivity index (χ4n) is 1.67. The minimum atomic E-state index is -0.315. The van der Waals surface area contributed by atoms with Gasteiger partial charge in [0.25, 0.3) is 0 Å². The lowest BCUT2D eigenvalue weighted by Gasteiger charge is -2.21. The van der Waals surface area contributed by atoms with E-state index in [4.69, 9.17) is 0 Å². The first-order valence-corrected chi connectivity index (χ1v) is 5.59. The lowest BCUT2D eigenvalue weighted by atomic mass is 10.1. The van der Waals surface area contributed by atoms with Crippen LogP contribution in [0.2, 0.25) is 0 Å². The highest BCUT2D eigenvalue weighted by Gasteiger charge is 2.24. The van der Waals surface area contributed by atoms with Crippen molar-refractivity contribution in [1.82, 2.24) is 10.2 Å². The summed E-state index contributed by atoms with van der Waals surface area (Å²) < 4.78 is 0. The third kappa shape index (κ3) is 4.62. The fourth-order valence-corrected chi connectivity index (χ4v) is 1.67. The first kappa shape index (κ1) is 12.5. The zero-order valence-electron chi connectivity index (χ0n) is 9.92. The van der Waals surface area contributed by atoms with Crippen LogP contribution in [0.4, 0.5) is 0 Å². The number of likely N-dealkylation sites (tertiary alicyclic amines) is 1. The van der Waals surface area contributed by atoms with Crippen molar-refractivity contribution in [2.75, 3.05) is 19.6 Å². The molecule has 2 N–H and O–H groups in total. The maximum Gasteiger partial charge on any atom is 0.223 e. The Balaban J connectivity index is 2.19. The second kappa shape index (κ2) is 4.94. The molecule has 0 bridgehead atoms. The Morgan fingerprint density at radius 2 is 2.20 bits per heavy atom. The molecule has 0 spiro atoms. The largest absolute Gasteiger partial charge is 0.391 e. The zero-order chi connectivity index (χ0) is 11.5. The van der Waals surface area contributed by atoms with Crippen molar-refractivity contribution < 1.29 is 9.90 Å². The first-order valence-electron chi connectivity index (χ1n) is 5.59. The van der Waals surface area contributed by atoms with Crippen LogP contribution in [0.3, 0.4) is 0 Å². The number of amides is 1. The molecule has 1 rings (SSSR count). The summed E-state index contributed by atoms with van der Waals surface area (Å²) in [4.78, 5) is 13.4.